The van der Waals surface area contributed by atoms with E-state index in [0.29, 0.717) is 48.8 Å². The lowest BCUT2D eigenvalue weighted by atomic mass is 9.75. The first-order chi connectivity index (χ1) is 19.6. The van der Waals surface area contributed by atoms with Crippen molar-refractivity contribution < 1.29 is 9.46 Å². The molecule has 1 aromatic carbocycles. The van der Waals surface area contributed by atoms with Gasteiger partial charge >= 0.3 is 0 Å². The minimum atomic E-state index is -3.26. The molecule has 8 heteroatoms. The quantitative estimate of drug-likeness (QED) is 0.401. The molecular weight excluding hydrogens is 531 g/mol. The molecule has 1 saturated carbocycles. The van der Waals surface area contributed by atoms with E-state index in [-0.39, 0.29) is 11.6 Å². The SMILES string of the molecule is C[C@H]1C[C@@H](C)C[C@@H](N2[C@@H]3CCC[C@H]2C[C@@H](n2c(=O)c(N4CC=C(P(C)(=O)O)CC4)nc4ccccc42)C3)C[C@@H](C)C1. The Hall–Kier alpha value is -1.95. The molecule has 7 nitrogen and oxygen atoms in total. The van der Waals surface area contributed by atoms with Gasteiger partial charge in [-0.05, 0) is 87.7 Å². The summed E-state index contributed by atoms with van der Waals surface area (Å²) in [5, 5.41) is 0.599. The summed E-state index contributed by atoms with van der Waals surface area (Å²) in [5.74, 6) is 2.83. The summed E-state index contributed by atoms with van der Waals surface area (Å²) in [4.78, 5) is 34.1. The smallest absolute Gasteiger partial charge is 0.294 e. The van der Waals surface area contributed by atoms with Gasteiger partial charge in [0.15, 0.2) is 5.82 Å². The Labute approximate surface area is 245 Å². The number of rotatable bonds is 4. The first-order valence-electron chi connectivity index (χ1n) is 16.1. The van der Waals surface area contributed by atoms with Crippen LogP contribution in [-0.4, -0.2) is 57.2 Å². The summed E-state index contributed by atoms with van der Waals surface area (Å²) < 4.78 is 14.3. The van der Waals surface area contributed by atoms with E-state index in [1.807, 2.05) is 29.2 Å². The van der Waals surface area contributed by atoms with Gasteiger partial charge in [-0.25, -0.2) is 4.98 Å². The van der Waals surface area contributed by atoms with Crippen LogP contribution in [0.5, 0.6) is 0 Å². The third-order valence-corrected chi connectivity index (χ3v) is 12.0. The van der Waals surface area contributed by atoms with Crippen molar-refractivity contribution in [3.63, 3.8) is 0 Å². The van der Waals surface area contributed by atoms with Gasteiger partial charge < -0.3 is 14.4 Å². The summed E-state index contributed by atoms with van der Waals surface area (Å²) in [6, 6.07) is 9.96. The average molecular weight is 581 g/mol. The van der Waals surface area contributed by atoms with Gasteiger partial charge in [0, 0.05) is 49.2 Å². The number of benzene rings is 1. The molecular formula is C33H49N4O3P. The maximum atomic E-state index is 14.3. The molecule has 0 radical (unpaired) electrons. The van der Waals surface area contributed by atoms with Crippen molar-refractivity contribution in [2.75, 3.05) is 24.7 Å². The van der Waals surface area contributed by atoms with E-state index in [0.717, 1.165) is 41.6 Å². The van der Waals surface area contributed by atoms with Crippen LogP contribution in [-0.2, 0) is 4.57 Å². The second kappa shape index (κ2) is 11.6. The van der Waals surface area contributed by atoms with E-state index in [1.165, 1.54) is 51.6 Å². The lowest BCUT2D eigenvalue weighted by molar-refractivity contribution is -0.0347. The van der Waals surface area contributed by atoms with Crippen LogP contribution in [0.1, 0.15) is 91.0 Å². The first kappa shape index (κ1) is 29.1. The topological polar surface area (TPSA) is 78.7 Å². The number of hydrogen-bond acceptors (Lipinski definition) is 5. The summed E-state index contributed by atoms with van der Waals surface area (Å²) in [6.45, 7) is 9.74. The number of fused-ring (bicyclic) bond motifs is 3. The van der Waals surface area contributed by atoms with Crippen molar-refractivity contribution in [1.29, 1.82) is 0 Å². The van der Waals surface area contributed by atoms with Crippen LogP contribution in [0.15, 0.2) is 40.5 Å². The van der Waals surface area contributed by atoms with Gasteiger partial charge in [-0.2, -0.15) is 0 Å². The molecule has 6 rings (SSSR count). The molecule has 2 bridgehead atoms. The van der Waals surface area contributed by atoms with Gasteiger partial charge in [0.25, 0.3) is 5.56 Å². The van der Waals surface area contributed by atoms with Crippen LogP contribution in [0, 0.1) is 17.8 Å². The lowest BCUT2D eigenvalue weighted by Gasteiger charge is -2.54. The fraction of sp³-hybridized carbons (Fsp3) is 0.697. The van der Waals surface area contributed by atoms with E-state index in [2.05, 4.69) is 36.3 Å². The molecule has 41 heavy (non-hydrogen) atoms. The normalized spacial score (nSPS) is 34.9. The molecule has 1 unspecified atom stereocenters. The van der Waals surface area contributed by atoms with Crippen molar-refractivity contribution in [3.05, 3.63) is 46.0 Å². The highest BCUT2D eigenvalue weighted by Crippen LogP contribution is 2.48. The molecule has 2 saturated heterocycles. The van der Waals surface area contributed by atoms with E-state index in [4.69, 9.17) is 4.98 Å². The van der Waals surface area contributed by atoms with Gasteiger partial charge in [0.05, 0.1) is 11.0 Å². The molecule has 4 aliphatic rings. The highest BCUT2D eigenvalue weighted by Gasteiger charge is 2.44. The number of piperidine rings is 2. The Morgan fingerprint density at radius 1 is 0.878 bits per heavy atom. The predicted molar refractivity (Wildman–Crippen MR) is 168 cm³/mol. The number of para-hydroxylation sites is 2. The zero-order valence-electron chi connectivity index (χ0n) is 25.4. The number of hydrogen-bond donors (Lipinski definition) is 1. The molecule has 4 heterocycles. The molecule has 3 fully saturated rings. The zero-order valence-corrected chi connectivity index (χ0v) is 26.3. The highest BCUT2D eigenvalue weighted by molar-refractivity contribution is 7.61. The van der Waals surface area contributed by atoms with Crippen LogP contribution >= 0.6 is 7.37 Å². The van der Waals surface area contributed by atoms with E-state index in [1.54, 1.807) is 0 Å². The van der Waals surface area contributed by atoms with E-state index < -0.39 is 7.37 Å². The lowest BCUT2D eigenvalue weighted by Crippen LogP contribution is -2.58. The minimum Gasteiger partial charge on any atom is -0.348 e. The van der Waals surface area contributed by atoms with Crippen LogP contribution in [0.4, 0.5) is 5.82 Å². The Morgan fingerprint density at radius 2 is 1.51 bits per heavy atom. The molecule has 224 valence electrons. The summed E-state index contributed by atoms with van der Waals surface area (Å²) in [7, 11) is -3.26. The van der Waals surface area contributed by atoms with E-state index >= 15 is 0 Å². The number of anilines is 1. The predicted octanol–water partition coefficient (Wildman–Crippen LogP) is 6.80. The van der Waals surface area contributed by atoms with Crippen molar-refractivity contribution in [2.24, 2.45) is 17.8 Å². The van der Waals surface area contributed by atoms with Gasteiger partial charge in [0.2, 0.25) is 7.37 Å². The van der Waals surface area contributed by atoms with Crippen LogP contribution < -0.4 is 10.5 Å². The maximum absolute atomic E-state index is 14.3. The Morgan fingerprint density at radius 3 is 2.12 bits per heavy atom. The van der Waals surface area contributed by atoms with Gasteiger partial charge in [-0.15, -0.1) is 0 Å². The second-order valence-electron chi connectivity index (χ2n) is 14.1. The largest absolute Gasteiger partial charge is 0.348 e. The second-order valence-corrected chi connectivity index (χ2v) is 16.4. The molecule has 3 aliphatic heterocycles. The number of aromatic nitrogens is 2. The van der Waals surface area contributed by atoms with Crippen molar-refractivity contribution in [1.82, 2.24) is 14.5 Å². The summed E-state index contributed by atoms with van der Waals surface area (Å²) in [5.41, 5.74) is 1.77. The van der Waals surface area contributed by atoms with Crippen LogP contribution in [0.2, 0.25) is 0 Å². The van der Waals surface area contributed by atoms with Crippen LogP contribution in [0.25, 0.3) is 11.0 Å². The standard InChI is InChI=1S/C33H49N4O3P/c1-22-16-23(2)18-27(19-24(3)17-22)36-25-8-7-9-26(36)21-28(20-25)37-31-11-6-5-10-30(31)34-32(33(37)38)35-14-12-29(13-15-35)41(4,39)40/h5-6,10-12,22-28H,7-9,13-21H2,1-4H3,(H,39,40)/t22-,23+,24-,25-,26+,27+,28+. The monoisotopic (exact) mass is 580 g/mol. The minimum absolute atomic E-state index is 0.0112. The van der Waals surface area contributed by atoms with Gasteiger partial charge in [-0.1, -0.05) is 45.4 Å². The fourth-order valence-electron chi connectivity index (χ4n) is 9.06. The highest BCUT2D eigenvalue weighted by atomic mass is 31.2. The third kappa shape index (κ3) is 5.96. The van der Waals surface area contributed by atoms with Gasteiger partial charge in [0.1, 0.15) is 0 Å². The molecule has 2 aromatic rings. The Bertz CT molecular complexity index is 1370. The molecule has 0 amide bonds. The number of nitrogens with zero attached hydrogens (tertiary/aromatic N) is 4. The Balaban J connectivity index is 1.32. The molecule has 1 aliphatic carbocycles. The molecule has 1 N–H and O–H groups in total. The molecule has 0 spiro atoms. The van der Waals surface area contributed by atoms with Crippen molar-refractivity contribution in [2.45, 2.75) is 109 Å². The molecule has 8 atom stereocenters. The Kier molecular flexibility index (Phi) is 8.26. The first-order valence-corrected chi connectivity index (χ1v) is 18.2. The van der Waals surface area contributed by atoms with E-state index in [9.17, 15) is 14.3 Å². The molecule has 1 aromatic heterocycles. The maximum Gasteiger partial charge on any atom is 0.294 e. The summed E-state index contributed by atoms with van der Waals surface area (Å²) in [6.07, 6.45) is 13.4. The summed E-state index contributed by atoms with van der Waals surface area (Å²) >= 11 is 0. The van der Waals surface area contributed by atoms with Crippen LogP contribution in [0.3, 0.4) is 0 Å². The van der Waals surface area contributed by atoms with Crippen molar-refractivity contribution in [3.8, 4) is 0 Å². The fourth-order valence-corrected chi connectivity index (χ4v) is 10.00. The van der Waals surface area contributed by atoms with Crippen molar-refractivity contribution >= 4 is 24.2 Å². The third-order valence-electron chi connectivity index (χ3n) is 10.5. The van der Waals surface area contributed by atoms with Gasteiger partial charge in [-0.3, -0.25) is 14.3 Å². The average Bonchev–Trinajstić information content (AvgIpc) is 2.90. The zero-order chi connectivity index (χ0) is 28.9.